The minimum Gasteiger partial charge on any atom is -0.488 e. The van der Waals surface area contributed by atoms with Crippen molar-refractivity contribution >= 4 is 22.3 Å². The lowest BCUT2D eigenvalue weighted by atomic mass is 10.0. The van der Waals surface area contributed by atoms with E-state index in [2.05, 4.69) is 24.0 Å². The van der Waals surface area contributed by atoms with Crippen molar-refractivity contribution in [3.05, 3.63) is 76.9 Å². The van der Waals surface area contributed by atoms with Gasteiger partial charge in [-0.2, -0.15) is 0 Å². The van der Waals surface area contributed by atoms with E-state index in [-0.39, 0.29) is 5.69 Å². The lowest BCUT2D eigenvalue weighted by Crippen LogP contribution is -1.99. The molecule has 0 amide bonds. The number of benzene rings is 2. The second kappa shape index (κ2) is 7.86. The Morgan fingerprint density at radius 1 is 1.18 bits per heavy atom. The van der Waals surface area contributed by atoms with Crippen LogP contribution in [0.25, 0.3) is 16.2 Å². The van der Waals surface area contributed by atoms with E-state index >= 15 is 0 Å². The maximum Gasteiger partial charge on any atom is 0.356 e. The summed E-state index contributed by atoms with van der Waals surface area (Å²) in [7, 11) is 0. The monoisotopic (exact) mass is 392 g/mol. The Balaban J connectivity index is 1.75. The van der Waals surface area contributed by atoms with E-state index in [1.54, 1.807) is 6.20 Å². The van der Waals surface area contributed by atoms with Crippen LogP contribution in [-0.2, 0) is 13.0 Å². The van der Waals surface area contributed by atoms with Gasteiger partial charge in [-0.3, -0.25) is 4.40 Å². The number of carboxylic acid groups (broad SMARTS) is 1. The highest BCUT2D eigenvalue weighted by molar-refractivity contribution is 7.15. The van der Waals surface area contributed by atoms with Crippen LogP contribution >= 0.6 is 11.3 Å². The number of carbonyl (C=O) groups is 1. The molecule has 2 aromatic carbocycles. The molecule has 2 heterocycles. The van der Waals surface area contributed by atoms with E-state index in [1.807, 2.05) is 46.2 Å². The third-order valence-corrected chi connectivity index (χ3v) is 5.36. The van der Waals surface area contributed by atoms with Crippen molar-refractivity contribution in [1.82, 2.24) is 9.38 Å². The maximum absolute atomic E-state index is 11.3. The molecule has 0 aliphatic rings. The third-order valence-electron chi connectivity index (χ3n) is 4.52. The largest absolute Gasteiger partial charge is 0.488 e. The molecule has 0 saturated carbocycles. The van der Waals surface area contributed by atoms with Gasteiger partial charge >= 0.3 is 5.97 Å². The zero-order valence-electron chi connectivity index (χ0n) is 15.5. The van der Waals surface area contributed by atoms with Gasteiger partial charge in [0.25, 0.3) is 0 Å². The molecule has 5 nitrogen and oxygen atoms in total. The molecule has 0 radical (unpaired) electrons. The standard InChI is InChI=1S/C22H20N2O3S/c1-2-6-15-9-10-20(27-13-16-7-4-3-5-8-16)17(11-15)19-14-28-22-23-18(21(25)26)12-24(19)22/h3-5,7-12,14H,2,6,13H2,1H3,(H,25,26). The Bertz CT molecular complexity index is 1120. The molecule has 6 heteroatoms. The highest BCUT2D eigenvalue weighted by atomic mass is 32.1. The fourth-order valence-electron chi connectivity index (χ4n) is 3.16. The SMILES string of the molecule is CCCc1ccc(OCc2ccccc2)c(-c2csc3nc(C(=O)O)cn23)c1. The number of hydrogen-bond acceptors (Lipinski definition) is 4. The predicted molar refractivity (Wildman–Crippen MR) is 110 cm³/mol. The first-order valence-electron chi connectivity index (χ1n) is 9.15. The molecule has 0 fully saturated rings. The zero-order valence-corrected chi connectivity index (χ0v) is 16.3. The zero-order chi connectivity index (χ0) is 19.5. The first kappa shape index (κ1) is 18.3. The number of hydrogen-bond donors (Lipinski definition) is 1. The van der Waals surface area contributed by atoms with Gasteiger partial charge in [-0.25, -0.2) is 9.78 Å². The first-order valence-corrected chi connectivity index (χ1v) is 10.0. The molecule has 0 bridgehead atoms. The summed E-state index contributed by atoms with van der Waals surface area (Å²) < 4.78 is 7.97. The number of aromatic nitrogens is 2. The molecule has 142 valence electrons. The summed E-state index contributed by atoms with van der Waals surface area (Å²) in [6, 6.07) is 16.2. The molecule has 2 aromatic heterocycles. The number of fused-ring (bicyclic) bond motifs is 1. The minimum atomic E-state index is -1.03. The molecule has 0 aliphatic heterocycles. The lowest BCUT2D eigenvalue weighted by Gasteiger charge is -2.13. The van der Waals surface area contributed by atoms with Crippen molar-refractivity contribution in [2.24, 2.45) is 0 Å². The molecule has 0 aliphatic carbocycles. The minimum absolute atomic E-state index is 0.0459. The summed E-state index contributed by atoms with van der Waals surface area (Å²) >= 11 is 1.42. The van der Waals surface area contributed by atoms with Gasteiger partial charge in [-0.15, -0.1) is 11.3 Å². The molecule has 0 unspecified atom stereocenters. The smallest absolute Gasteiger partial charge is 0.356 e. The summed E-state index contributed by atoms with van der Waals surface area (Å²) in [5.41, 5.74) is 4.20. The van der Waals surface area contributed by atoms with Gasteiger partial charge in [-0.1, -0.05) is 49.7 Å². The fourth-order valence-corrected chi connectivity index (χ4v) is 4.04. The van der Waals surface area contributed by atoms with Crippen LogP contribution in [0.2, 0.25) is 0 Å². The van der Waals surface area contributed by atoms with E-state index in [0.29, 0.717) is 11.6 Å². The van der Waals surface area contributed by atoms with E-state index in [1.165, 1.54) is 16.9 Å². The number of nitrogens with zero attached hydrogens (tertiary/aromatic N) is 2. The Labute approximate surface area is 166 Å². The maximum atomic E-state index is 11.3. The van der Waals surface area contributed by atoms with Crippen LogP contribution in [0.1, 0.15) is 35.0 Å². The Kier molecular flexibility index (Phi) is 5.12. The number of carboxylic acids is 1. The summed E-state index contributed by atoms with van der Waals surface area (Å²) in [4.78, 5) is 16.1. The second-order valence-electron chi connectivity index (χ2n) is 6.56. The Hall–Kier alpha value is -3.12. The second-order valence-corrected chi connectivity index (χ2v) is 7.40. The summed E-state index contributed by atoms with van der Waals surface area (Å²) in [6.07, 6.45) is 3.59. The summed E-state index contributed by atoms with van der Waals surface area (Å²) in [5.74, 6) is -0.254. The Morgan fingerprint density at radius 2 is 2.00 bits per heavy atom. The highest BCUT2D eigenvalue weighted by Crippen LogP contribution is 2.35. The number of rotatable bonds is 7. The number of imidazole rings is 1. The number of aromatic carboxylic acids is 1. The number of ether oxygens (including phenoxy) is 1. The van der Waals surface area contributed by atoms with Gasteiger partial charge in [0.2, 0.25) is 0 Å². The van der Waals surface area contributed by atoms with Gasteiger partial charge in [0.1, 0.15) is 12.4 Å². The molecule has 0 atom stereocenters. The number of thiazole rings is 1. The van der Waals surface area contributed by atoms with Gasteiger partial charge in [-0.05, 0) is 29.7 Å². The normalized spacial score (nSPS) is 11.0. The molecule has 0 saturated heterocycles. The quantitative estimate of drug-likeness (QED) is 0.464. The van der Waals surface area contributed by atoms with Crippen molar-refractivity contribution in [2.45, 2.75) is 26.4 Å². The van der Waals surface area contributed by atoms with Crippen LogP contribution in [0.4, 0.5) is 0 Å². The van der Waals surface area contributed by atoms with E-state index in [4.69, 9.17) is 4.74 Å². The molecule has 4 aromatic rings. The average Bonchev–Trinajstić information content (AvgIpc) is 3.29. The topological polar surface area (TPSA) is 63.8 Å². The van der Waals surface area contributed by atoms with Crippen LogP contribution in [0.5, 0.6) is 5.75 Å². The first-order chi connectivity index (χ1) is 13.7. The Morgan fingerprint density at radius 3 is 2.75 bits per heavy atom. The van der Waals surface area contributed by atoms with Crippen LogP contribution < -0.4 is 4.74 Å². The third kappa shape index (κ3) is 3.64. The van der Waals surface area contributed by atoms with Crippen molar-refractivity contribution in [2.75, 3.05) is 0 Å². The molecule has 0 spiro atoms. The highest BCUT2D eigenvalue weighted by Gasteiger charge is 2.17. The molecular weight excluding hydrogens is 372 g/mol. The van der Waals surface area contributed by atoms with Crippen LogP contribution in [0.15, 0.2) is 60.1 Å². The summed E-state index contributed by atoms with van der Waals surface area (Å²) in [6.45, 7) is 2.62. The van der Waals surface area contributed by atoms with Crippen LogP contribution in [0.3, 0.4) is 0 Å². The lowest BCUT2D eigenvalue weighted by molar-refractivity contribution is 0.0691. The van der Waals surface area contributed by atoms with Gasteiger partial charge in [0, 0.05) is 17.1 Å². The predicted octanol–water partition coefficient (Wildman–Crippen LogP) is 5.29. The van der Waals surface area contributed by atoms with Crippen molar-refractivity contribution in [3.8, 4) is 17.0 Å². The number of aryl methyl sites for hydroxylation is 1. The molecular formula is C22H20N2O3S. The molecule has 28 heavy (non-hydrogen) atoms. The van der Waals surface area contributed by atoms with Gasteiger partial charge < -0.3 is 9.84 Å². The summed E-state index contributed by atoms with van der Waals surface area (Å²) in [5, 5.41) is 11.2. The molecule has 1 N–H and O–H groups in total. The van der Waals surface area contributed by atoms with E-state index in [0.717, 1.165) is 35.4 Å². The van der Waals surface area contributed by atoms with Crippen molar-refractivity contribution < 1.29 is 14.6 Å². The van der Waals surface area contributed by atoms with E-state index < -0.39 is 5.97 Å². The van der Waals surface area contributed by atoms with Crippen molar-refractivity contribution in [3.63, 3.8) is 0 Å². The van der Waals surface area contributed by atoms with Crippen LogP contribution in [-0.4, -0.2) is 20.5 Å². The fraction of sp³-hybridized carbons (Fsp3) is 0.182. The van der Waals surface area contributed by atoms with E-state index in [9.17, 15) is 9.90 Å². The molecule has 4 rings (SSSR count). The van der Waals surface area contributed by atoms with Crippen LogP contribution in [0, 0.1) is 0 Å². The van der Waals surface area contributed by atoms with Crippen molar-refractivity contribution in [1.29, 1.82) is 0 Å². The van der Waals surface area contributed by atoms with Gasteiger partial charge in [0.05, 0.1) is 5.69 Å². The van der Waals surface area contributed by atoms with Gasteiger partial charge in [0.15, 0.2) is 10.7 Å². The average molecular weight is 392 g/mol.